The van der Waals surface area contributed by atoms with Crippen LogP contribution in [-0.4, -0.2) is 79.3 Å². The zero-order valence-corrected chi connectivity index (χ0v) is 37.1. The lowest BCUT2D eigenvalue weighted by Gasteiger charge is -2.40. The molecule has 1 aliphatic rings. The minimum Gasteiger partial charge on any atom is -0.465 e. The van der Waals surface area contributed by atoms with Crippen molar-refractivity contribution in [2.75, 3.05) is 30.9 Å². The van der Waals surface area contributed by atoms with Gasteiger partial charge in [-0.25, -0.2) is 19.0 Å². The molecule has 2 bridgehead atoms. The maximum Gasteiger partial charge on any atom is 0.411 e. The third-order valence-corrected chi connectivity index (χ3v) is 17.0. The number of halogens is 2. The number of methoxy groups -OCH3 is 1. The summed E-state index contributed by atoms with van der Waals surface area (Å²) in [6, 6.07) is 6.58. The highest BCUT2D eigenvalue weighted by molar-refractivity contribution is 6.76. The first-order valence-electron chi connectivity index (χ1n) is 19.0. The van der Waals surface area contributed by atoms with E-state index < -0.39 is 52.5 Å². The Balaban J connectivity index is 1.83. The minimum absolute atomic E-state index is 0.0310. The lowest BCUT2D eigenvalue weighted by molar-refractivity contribution is -0.119. The van der Waals surface area contributed by atoms with Crippen LogP contribution < -0.4 is 10.6 Å². The number of carbonyl (C=O) groups is 3. The highest BCUT2D eigenvalue weighted by Crippen LogP contribution is 2.42. The number of ether oxygens (including phenoxy) is 2. The van der Waals surface area contributed by atoms with Crippen LogP contribution in [-0.2, 0) is 25.4 Å². The topological polar surface area (TPSA) is 157 Å². The Kier molecular flexibility index (Phi) is 14.9. The molecular formula is C39H58ClFN6O7Si2. The molecule has 0 spiro atoms. The second kappa shape index (κ2) is 18.6. The molecule has 0 saturated heterocycles. The molecule has 56 heavy (non-hydrogen) atoms. The molecule has 0 saturated carbocycles. The van der Waals surface area contributed by atoms with E-state index in [1.807, 2.05) is 24.6 Å². The van der Waals surface area contributed by atoms with Gasteiger partial charge >= 0.3 is 12.2 Å². The van der Waals surface area contributed by atoms with Crippen LogP contribution in [0.3, 0.4) is 0 Å². The first-order valence-corrected chi connectivity index (χ1v) is 26.0. The Bertz CT molecular complexity index is 1870. The lowest BCUT2D eigenvalue weighted by Crippen LogP contribution is -2.43. The second-order valence-corrected chi connectivity index (χ2v) is 27.9. The zero-order valence-electron chi connectivity index (χ0n) is 34.3. The van der Waals surface area contributed by atoms with Crippen molar-refractivity contribution in [2.24, 2.45) is 5.92 Å². The van der Waals surface area contributed by atoms with Gasteiger partial charge in [-0.3, -0.25) is 20.0 Å². The number of rotatable bonds is 13. The summed E-state index contributed by atoms with van der Waals surface area (Å²) in [5.74, 6) is -0.888. The van der Waals surface area contributed by atoms with Gasteiger partial charge in [-0.15, -0.1) is 0 Å². The van der Waals surface area contributed by atoms with Crippen molar-refractivity contribution in [2.45, 2.75) is 116 Å². The summed E-state index contributed by atoms with van der Waals surface area (Å²) in [5.41, 5.74) is 1.89. The van der Waals surface area contributed by atoms with Crippen LogP contribution in [0.15, 0.2) is 36.7 Å². The van der Waals surface area contributed by atoms with Crippen LogP contribution >= 0.6 is 11.6 Å². The molecule has 0 unspecified atom stereocenters. The summed E-state index contributed by atoms with van der Waals surface area (Å²) in [6.07, 6.45) is 1.88. The number of nitrogens with zero attached hydrogens (tertiary/aromatic N) is 4. The Labute approximate surface area is 336 Å². The van der Waals surface area contributed by atoms with Gasteiger partial charge in [0.15, 0.2) is 14.1 Å². The molecule has 3 heterocycles. The van der Waals surface area contributed by atoms with Crippen molar-refractivity contribution in [3.8, 4) is 11.3 Å². The number of hydrogen-bond acceptors (Lipinski definition) is 8. The van der Waals surface area contributed by atoms with E-state index in [1.54, 1.807) is 24.4 Å². The SMILES string of the molecule is COC(=O)Nc1ccc2c(c1)NC(=O)[C@H](C)CCC[C@H](N(CC[C@@H](O[Si](C)(C)C(C)(C)C)c1nccc(Cl)c1F)C(=O)O)c1nc-2cn1COCC[Si](C)(C)C. The maximum absolute atomic E-state index is 15.6. The Morgan fingerprint density at radius 2 is 1.89 bits per heavy atom. The van der Waals surface area contributed by atoms with Crippen LogP contribution in [0.5, 0.6) is 0 Å². The molecule has 17 heteroatoms. The first-order chi connectivity index (χ1) is 26.1. The number of benzene rings is 1. The molecule has 0 fully saturated rings. The summed E-state index contributed by atoms with van der Waals surface area (Å²) >= 11 is 6.22. The molecule has 2 aromatic heterocycles. The number of nitrogens with one attached hydrogen (secondary N) is 2. The average Bonchev–Trinajstić information content (AvgIpc) is 3.52. The predicted molar refractivity (Wildman–Crippen MR) is 222 cm³/mol. The van der Waals surface area contributed by atoms with E-state index in [1.165, 1.54) is 24.3 Å². The number of anilines is 2. The molecular weight excluding hydrogens is 775 g/mol. The molecule has 3 atom stereocenters. The summed E-state index contributed by atoms with van der Waals surface area (Å²) in [4.78, 5) is 49.6. The lowest BCUT2D eigenvalue weighted by atomic mass is 9.98. The standard InChI is InChI=1S/C39H58ClFN6O7Si2/c1-25-12-11-13-31(47(38(50)51)19-17-32(54-56(9,10)39(2,3)4)34-33(41)28(40)16-18-42-34)35-44-30(23-46(35)24-53-20-21-55(6,7)8)27-15-14-26(43-37(49)52-5)22-29(27)45-36(25)48/h14-16,18,22-23,25,31-32H,11-13,17,19-21,24H2,1-10H3,(H,43,49)(H,45,48)(H,50,51)/t25-,31+,32-/m1/s1. The third kappa shape index (κ3) is 11.6. The molecule has 0 aliphatic carbocycles. The van der Waals surface area contributed by atoms with Crippen LogP contribution in [0.2, 0.25) is 48.8 Å². The van der Waals surface area contributed by atoms with Crippen LogP contribution in [0, 0.1) is 11.7 Å². The normalized spacial score (nSPS) is 17.2. The van der Waals surface area contributed by atoms with Gasteiger partial charge in [-0.05, 0) is 67.7 Å². The summed E-state index contributed by atoms with van der Waals surface area (Å²) < 4.78 is 35.2. The van der Waals surface area contributed by atoms with Gasteiger partial charge in [0.2, 0.25) is 5.91 Å². The second-order valence-electron chi connectivity index (χ2n) is 17.1. The van der Waals surface area contributed by atoms with Gasteiger partial charge in [0.05, 0.1) is 35.7 Å². The number of amides is 3. The quantitative estimate of drug-likeness (QED) is 0.113. The monoisotopic (exact) mass is 832 g/mol. The summed E-state index contributed by atoms with van der Waals surface area (Å²) in [5, 5.41) is 16.2. The number of carbonyl (C=O) groups excluding carboxylic acids is 2. The maximum atomic E-state index is 15.6. The molecule has 3 amide bonds. The van der Waals surface area contributed by atoms with Gasteiger partial charge < -0.3 is 28.9 Å². The molecule has 308 valence electrons. The largest absolute Gasteiger partial charge is 0.465 e. The van der Waals surface area contributed by atoms with Crippen molar-refractivity contribution < 1.29 is 37.8 Å². The molecule has 1 aliphatic heterocycles. The predicted octanol–water partition coefficient (Wildman–Crippen LogP) is 10.2. The van der Waals surface area contributed by atoms with E-state index in [2.05, 4.69) is 56.0 Å². The Hall–Kier alpha value is -3.84. The number of pyridine rings is 1. The number of aromatic nitrogens is 3. The molecule has 1 aromatic carbocycles. The van der Waals surface area contributed by atoms with Crippen molar-refractivity contribution >= 4 is 57.5 Å². The fourth-order valence-electron chi connectivity index (χ4n) is 6.10. The fourth-order valence-corrected chi connectivity index (χ4v) is 8.31. The molecule has 4 rings (SSSR count). The van der Waals surface area contributed by atoms with Crippen LogP contribution in [0.1, 0.15) is 77.0 Å². The number of imidazole rings is 1. The van der Waals surface area contributed by atoms with Gasteiger partial charge in [0.25, 0.3) is 0 Å². The number of hydrogen-bond donors (Lipinski definition) is 3. The van der Waals surface area contributed by atoms with Crippen molar-refractivity contribution in [1.82, 2.24) is 19.4 Å². The van der Waals surface area contributed by atoms with Crippen molar-refractivity contribution in [3.63, 3.8) is 0 Å². The third-order valence-electron chi connectivity index (χ3n) is 10.6. The van der Waals surface area contributed by atoms with Crippen LogP contribution in [0.25, 0.3) is 11.3 Å². The zero-order chi connectivity index (χ0) is 41.6. The summed E-state index contributed by atoms with van der Waals surface area (Å²) in [6.45, 7) is 19.5. The molecule has 3 aromatic rings. The van der Waals surface area contributed by atoms with E-state index in [-0.39, 0.29) is 41.4 Å². The highest BCUT2D eigenvalue weighted by atomic mass is 35.5. The minimum atomic E-state index is -2.53. The Morgan fingerprint density at radius 3 is 2.54 bits per heavy atom. The fraction of sp³-hybridized carbons (Fsp3) is 0.564. The highest BCUT2D eigenvalue weighted by Gasteiger charge is 2.41. The van der Waals surface area contributed by atoms with E-state index in [0.29, 0.717) is 54.3 Å². The van der Waals surface area contributed by atoms with Crippen LogP contribution in [0.4, 0.5) is 25.4 Å². The van der Waals surface area contributed by atoms with Gasteiger partial charge in [0.1, 0.15) is 18.2 Å². The molecule has 13 nitrogen and oxygen atoms in total. The van der Waals surface area contributed by atoms with E-state index in [9.17, 15) is 19.5 Å². The number of fused-ring (bicyclic) bond motifs is 4. The van der Waals surface area contributed by atoms with E-state index in [4.69, 9.17) is 30.5 Å². The van der Waals surface area contributed by atoms with Gasteiger partial charge in [-0.1, -0.05) is 65.4 Å². The van der Waals surface area contributed by atoms with E-state index >= 15 is 4.39 Å². The van der Waals surface area contributed by atoms with Crippen molar-refractivity contribution in [1.29, 1.82) is 0 Å². The molecule has 0 radical (unpaired) electrons. The number of carboxylic acid groups (broad SMARTS) is 1. The van der Waals surface area contributed by atoms with Crippen molar-refractivity contribution in [3.05, 3.63) is 59.0 Å². The average molecular weight is 834 g/mol. The summed E-state index contributed by atoms with van der Waals surface area (Å²) in [7, 11) is -2.68. The van der Waals surface area contributed by atoms with Gasteiger partial charge in [0, 0.05) is 50.8 Å². The smallest absolute Gasteiger partial charge is 0.411 e. The van der Waals surface area contributed by atoms with Gasteiger partial charge in [-0.2, -0.15) is 0 Å². The molecule has 3 N–H and O–H groups in total. The first kappa shape index (κ1) is 44.9. The van der Waals surface area contributed by atoms with E-state index in [0.717, 1.165) is 6.04 Å². The Morgan fingerprint density at radius 1 is 1.18 bits per heavy atom.